The molecule has 94 valence electrons. The third-order valence-corrected chi connectivity index (χ3v) is 3.09. The highest BCUT2D eigenvalue weighted by Gasteiger charge is 2.09. The van der Waals surface area contributed by atoms with Crippen molar-refractivity contribution in [2.75, 3.05) is 36.9 Å². The maximum Gasteiger partial charge on any atom is 0.141 e. The van der Waals surface area contributed by atoms with Crippen molar-refractivity contribution < 1.29 is 0 Å². The average molecular weight is 235 g/mol. The van der Waals surface area contributed by atoms with Crippen LogP contribution in [0.15, 0.2) is 18.3 Å². The molecule has 1 aromatic rings. The summed E-state index contributed by atoms with van der Waals surface area (Å²) >= 11 is 0. The topological polar surface area (TPSA) is 66.2 Å². The van der Waals surface area contributed by atoms with E-state index in [4.69, 9.17) is 5.84 Å². The van der Waals surface area contributed by atoms with Crippen LogP contribution in [0.3, 0.4) is 0 Å². The van der Waals surface area contributed by atoms with Crippen molar-refractivity contribution in [1.82, 2.24) is 9.88 Å². The smallest absolute Gasteiger partial charge is 0.141 e. The third-order valence-electron chi connectivity index (χ3n) is 3.09. The Kier molecular flexibility index (Phi) is 4.58. The lowest BCUT2D eigenvalue weighted by Gasteiger charge is -2.14. The van der Waals surface area contributed by atoms with E-state index >= 15 is 0 Å². The molecule has 0 aliphatic carbocycles. The number of nitrogens with one attached hydrogen (secondary N) is 2. The van der Waals surface area contributed by atoms with Crippen LogP contribution in [0.1, 0.15) is 19.3 Å². The molecule has 1 fully saturated rings. The Morgan fingerprint density at radius 2 is 2.18 bits per heavy atom. The SMILES string of the molecule is NNc1cc(NCCCN2CCCC2)ccn1. The first-order valence-electron chi connectivity index (χ1n) is 6.27. The van der Waals surface area contributed by atoms with E-state index in [0.29, 0.717) is 5.82 Å². The second kappa shape index (κ2) is 6.42. The van der Waals surface area contributed by atoms with Gasteiger partial charge < -0.3 is 15.6 Å². The van der Waals surface area contributed by atoms with Crippen LogP contribution in [0.4, 0.5) is 11.5 Å². The number of aromatic nitrogens is 1. The Morgan fingerprint density at radius 1 is 1.35 bits per heavy atom. The van der Waals surface area contributed by atoms with Gasteiger partial charge in [0.1, 0.15) is 5.82 Å². The standard InChI is InChI=1S/C12H21N5/c13-16-12-10-11(4-6-15-12)14-5-3-9-17-7-1-2-8-17/h4,6,10H,1-3,5,7-9,13H2,(H2,14,15,16). The Bertz CT molecular complexity index is 335. The van der Waals surface area contributed by atoms with Crippen molar-refractivity contribution in [3.8, 4) is 0 Å². The molecule has 1 aliphatic rings. The van der Waals surface area contributed by atoms with Gasteiger partial charge in [-0.2, -0.15) is 0 Å². The monoisotopic (exact) mass is 235 g/mol. The van der Waals surface area contributed by atoms with Gasteiger partial charge in [0.2, 0.25) is 0 Å². The van der Waals surface area contributed by atoms with Crippen LogP contribution in [0.5, 0.6) is 0 Å². The van der Waals surface area contributed by atoms with Gasteiger partial charge in [-0.25, -0.2) is 10.8 Å². The lowest BCUT2D eigenvalue weighted by molar-refractivity contribution is 0.337. The molecule has 4 N–H and O–H groups in total. The summed E-state index contributed by atoms with van der Waals surface area (Å²) in [7, 11) is 0. The number of nitrogens with two attached hydrogens (primary N) is 1. The molecule has 0 radical (unpaired) electrons. The molecule has 2 heterocycles. The van der Waals surface area contributed by atoms with E-state index in [1.165, 1.54) is 38.9 Å². The maximum atomic E-state index is 5.31. The van der Waals surface area contributed by atoms with E-state index in [2.05, 4.69) is 20.6 Å². The summed E-state index contributed by atoms with van der Waals surface area (Å²) in [6.45, 7) is 4.73. The largest absolute Gasteiger partial charge is 0.385 e. The molecule has 1 saturated heterocycles. The summed E-state index contributed by atoms with van der Waals surface area (Å²) < 4.78 is 0. The zero-order valence-corrected chi connectivity index (χ0v) is 10.2. The molecule has 5 nitrogen and oxygen atoms in total. The highest BCUT2D eigenvalue weighted by atomic mass is 15.2. The number of hydrogen-bond acceptors (Lipinski definition) is 5. The number of nitrogen functional groups attached to an aromatic ring is 1. The molecule has 2 rings (SSSR count). The number of hydrogen-bond donors (Lipinski definition) is 3. The van der Waals surface area contributed by atoms with Crippen molar-refractivity contribution >= 4 is 11.5 Å². The van der Waals surface area contributed by atoms with Crippen molar-refractivity contribution in [2.24, 2.45) is 5.84 Å². The number of hydrazine groups is 1. The van der Waals surface area contributed by atoms with Gasteiger partial charge in [0.25, 0.3) is 0 Å². The molecule has 5 heteroatoms. The molecular weight excluding hydrogens is 214 g/mol. The van der Waals surface area contributed by atoms with Gasteiger partial charge in [0.15, 0.2) is 0 Å². The molecule has 0 amide bonds. The number of nitrogens with zero attached hydrogens (tertiary/aromatic N) is 2. The molecule has 17 heavy (non-hydrogen) atoms. The van der Waals surface area contributed by atoms with E-state index in [0.717, 1.165) is 12.2 Å². The summed E-state index contributed by atoms with van der Waals surface area (Å²) in [5.74, 6) is 6.00. The predicted molar refractivity (Wildman–Crippen MR) is 70.8 cm³/mol. The molecular formula is C12H21N5. The normalized spacial score (nSPS) is 16.1. The predicted octanol–water partition coefficient (Wildman–Crippen LogP) is 1.26. The molecule has 0 spiro atoms. The third kappa shape index (κ3) is 3.87. The van der Waals surface area contributed by atoms with Crippen molar-refractivity contribution in [2.45, 2.75) is 19.3 Å². The second-order valence-corrected chi connectivity index (χ2v) is 4.40. The fraction of sp³-hybridized carbons (Fsp3) is 0.583. The van der Waals surface area contributed by atoms with Crippen molar-refractivity contribution in [3.63, 3.8) is 0 Å². The first-order chi connectivity index (χ1) is 8.38. The van der Waals surface area contributed by atoms with Crippen LogP contribution in [-0.2, 0) is 0 Å². The highest BCUT2D eigenvalue weighted by Crippen LogP contribution is 2.11. The van der Waals surface area contributed by atoms with Gasteiger partial charge in [-0.15, -0.1) is 0 Å². The van der Waals surface area contributed by atoms with Gasteiger partial charge >= 0.3 is 0 Å². The van der Waals surface area contributed by atoms with Crippen LogP contribution in [0, 0.1) is 0 Å². The van der Waals surface area contributed by atoms with Crippen molar-refractivity contribution in [1.29, 1.82) is 0 Å². The van der Waals surface area contributed by atoms with E-state index < -0.39 is 0 Å². The minimum Gasteiger partial charge on any atom is -0.385 e. The molecule has 1 aliphatic heterocycles. The first kappa shape index (κ1) is 12.1. The van der Waals surface area contributed by atoms with Gasteiger partial charge in [-0.05, 0) is 45.0 Å². The summed E-state index contributed by atoms with van der Waals surface area (Å²) in [5.41, 5.74) is 3.61. The van der Waals surface area contributed by atoms with Crippen LogP contribution in [0.2, 0.25) is 0 Å². The minimum absolute atomic E-state index is 0.689. The first-order valence-corrected chi connectivity index (χ1v) is 6.27. The summed E-state index contributed by atoms with van der Waals surface area (Å²) in [6, 6.07) is 3.87. The maximum absolute atomic E-state index is 5.31. The molecule has 0 aromatic carbocycles. The second-order valence-electron chi connectivity index (χ2n) is 4.40. The quantitative estimate of drug-likeness (QED) is 0.393. The number of anilines is 2. The molecule has 0 atom stereocenters. The molecule has 1 aromatic heterocycles. The Hall–Kier alpha value is -1.33. The fourth-order valence-corrected chi connectivity index (χ4v) is 2.16. The van der Waals surface area contributed by atoms with Crippen LogP contribution in [-0.4, -0.2) is 36.1 Å². The Morgan fingerprint density at radius 3 is 2.94 bits per heavy atom. The lowest BCUT2D eigenvalue weighted by atomic mass is 10.3. The van der Waals surface area contributed by atoms with E-state index in [1.807, 2.05) is 12.1 Å². The van der Waals surface area contributed by atoms with Crippen LogP contribution in [0.25, 0.3) is 0 Å². The average Bonchev–Trinajstić information content (AvgIpc) is 2.88. The molecule has 0 saturated carbocycles. The van der Waals surface area contributed by atoms with Crippen molar-refractivity contribution in [3.05, 3.63) is 18.3 Å². The highest BCUT2D eigenvalue weighted by molar-refractivity contribution is 5.51. The number of rotatable bonds is 6. The zero-order chi connectivity index (χ0) is 11.9. The minimum atomic E-state index is 0.689. The number of pyridine rings is 1. The van der Waals surface area contributed by atoms with Gasteiger partial charge in [0, 0.05) is 24.5 Å². The van der Waals surface area contributed by atoms with E-state index in [1.54, 1.807) is 6.20 Å². The van der Waals surface area contributed by atoms with Crippen LogP contribution >= 0.6 is 0 Å². The van der Waals surface area contributed by atoms with Gasteiger partial charge in [-0.1, -0.05) is 0 Å². The number of likely N-dealkylation sites (tertiary alicyclic amines) is 1. The molecule has 0 unspecified atom stereocenters. The van der Waals surface area contributed by atoms with E-state index in [9.17, 15) is 0 Å². The summed E-state index contributed by atoms with van der Waals surface area (Å²) in [5, 5.41) is 3.38. The molecule has 0 bridgehead atoms. The fourth-order valence-electron chi connectivity index (χ4n) is 2.16. The van der Waals surface area contributed by atoms with Gasteiger partial charge in [-0.3, -0.25) is 0 Å². The van der Waals surface area contributed by atoms with Gasteiger partial charge in [0.05, 0.1) is 0 Å². The Balaban J connectivity index is 1.66. The lowest BCUT2D eigenvalue weighted by Crippen LogP contribution is -2.22. The summed E-state index contributed by atoms with van der Waals surface area (Å²) in [4.78, 5) is 6.59. The summed E-state index contributed by atoms with van der Waals surface area (Å²) in [6.07, 6.45) is 5.65. The van der Waals surface area contributed by atoms with Crippen LogP contribution < -0.4 is 16.6 Å². The Labute approximate surface area is 102 Å². The van der Waals surface area contributed by atoms with E-state index in [-0.39, 0.29) is 0 Å². The zero-order valence-electron chi connectivity index (χ0n) is 10.2.